The van der Waals surface area contributed by atoms with Gasteiger partial charge < -0.3 is 85.7 Å². The maximum atomic E-state index is 13.0. The first-order valence-corrected chi connectivity index (χ1v) is 42.1. The molecule has 466 valence electrons. The maximum absolute atomic E-state index is 13.0. The monoisotopic (exact) mass is 1650 g/mol. The number of amides is 1. The number of hydrogen-bond donors (Lipinski definition) is 13. The van der Waals surface area contributed by atoms with Crippen molar-refractivity contribution in [1.82, 2.24) is 10.2 Å². The molecular formula is C63H72Br2I3N2O16-. The number of benzene rings is 4. The molecule has 18 nitrogen and oxygen atoms in total. The van der Waals surface area contributed by atoms with Gasteiger partial charge in [-0.1, -0.05) is 93.2 Å². The van der Waals surface area contributed by atoms with Gasteiger partial charge in [0.05, 0.1) is 19.8 Å². The second-order valence-corrected chi connectivity index (χ2v) is 40.5. The van der Waals surface area contributed by atoms with E-state index in [1.165, 1.54) is 44.0 Å². The number of ether oxygens (including phenoxy) is 3. The molecule has 13 N–H and O–H groups in total. The van der Waals surface area contributed by atoms with Crippen molar-refractivity contribution in [3.05, 3.63) is 115 Å². The Morgan fingerprint density at radius 2 is 0.907 bits per heavy atom. The molecule has 1 saturated carbocycles. The zero-order chi connectivity index (χ0) is 61.1. The van der Waals surface area contributed by atoms with Gasteiger partial charge in [0.15, 0.2) is 0 Å². The molecule has 86 heavy (non-hydrogen) atoms. The van der Waals surface area contributed by atoms with E-state index >= 15 is 0 Å². The number of nitrogens with one attached hydrogen (secondary N) is 1. The summed E-state index contributed by atoms with van der Waals surface area (Å²) in [5.41, 5.74) is 11.0. The molecule has 0 radical (unpaired) electrons. The minimum absolute atomic E-state index is 0. The summed E-state index contributed by atoms with van der Waals surface area (Å²) < 4.78 is 18.4. The van der Waals surface area contributed by atoms with Crippen molar-refractivity contribution in [2.24, 2.45) is 5.92 Å². The summed E-state index contributed by atoms with van der Waals surface area (Å²) >= 11 is 12.6. The number of halogens is 5. The molecule has 0 aromatic heterocycles. The third-order valence-electron chi connectivity index (χ3n) is 17.5. The third kappa shape index (κ3) is 14.3. The van der Waals surface area contributed by atoms with E-state index in [0.717, 1.165) is 48.2 Å². The van der Waals surface area contributed by atoms with Crippen LogP contribution in [-0.4, -0.2) is 210 Å². The summed E-state index contributed by atoms with van der Waals surface area (Å²) in [4.78, 5) is 14.9. The third-order valence-corrected chi connectivity index (χ3v) is 18.5. The molecule has 3 aliphatic carbocycles. The van der Waals surface area contributed by atoms with Crippen LogP contribution < -0.4 is 18.6 Å². The molecule has 1 amide bonds. The van der Waals surface area contributed by atoms with Crippen LogP contribution in [-0.2, 0) is 29.8 Å². The SMILES string of the molecule is Brc1ccc2c(c1)C1(CCNCC1)c1cc(Br)ccc1-2.C.C#C[C@H]1O[C@H](CO)[C@@H](O)[C@H](O)[C@@H]1O.I[I-]I.O=C(C1CC1)N1CCC2(CC1)c1cc(C#C[C@H]3O[C@H](CO)[C@@H](O)[C@H](O)[C@@H]3O)ccc1-c1ccc(C#C[C@H]3O[C@H](CO)[C@@H](O)[C@H](O)[C@@H]3O)cc12. The fourth-order valence-electron chi connectivity index (χ4n) is 12.7. The molecule has 4 aromatic rings. The van der Waals surface area contributed by atoms with E-state index in [0.29, 0.717) is 50.3 Å². The van der Waals surface area contributed by atoms with Crippen LogP contribution in [0.5, 0.6) is 0 Å². The Labute approximate surface area is 547 Å². The van der Waals surface area contributed by atoms with E-state index in [1.54, 1.807) is 0 Å². The van der Waals surface area contributed by atoms with Gasteiger partial charge in [0.2, 0.25) is 5.91 Å². The molecule has 15 atom stereocenters. The Hall–Kier alpha value is -2.46. The number of nitrogens with zero attached hydrogens (tertiary/aromatic N) is 1. The Morgan fingerprint density at radius 1 is 0.558 bits per heavy atom. The molecule has 5 saturated heterocycles. The Balaban J connectivity index is 0.000000211. The van der Waals surface area contributed by atoms with Crippen LogP contribution in [0.25, 0.3) is 22.3 Å². The van der Waals surface area contributed by atoms with Gasteiger partial charge in [-0.2, -0.15) is 0 Å². The number of hydrogen-bond acceptors (Lipinski definition) is 17. The molecule has 23 heteroatoms. The van der Waals surface area contributed by atoms with Crippen molar-refractivity contribution in [2.75, 3.05) is 46.0 Å². The van der Waals surface area contributed by atoms with Crippen LogP contribution in [0.4, 0.5) is 0 Å². The average molecular weight is 1650 g/mol. The fraction of sp³-hybridized carbons (Fsp3) is 0.508. The van der Waals surface area contributed by atoms with Crippen LogP contribution in [0.15, 0.2) is 81.7 Å². The number of carbonyl (C=O) groups excluding carboxylic acids is 1. The molecule has 4 aromatic carbocycles. The van der Waals surface area contributed by atoms with Crippen molar-refractivity contribution in [1.29, 1.82) is 0 Å². The number of terminal acetylenes is 1. The van der Waals surface area contributed by atoms with Crippen molar-refractivity contribution >= 4 is 75.0 Å². The van der Waals surface area contributed by atoms with Gasteiger partial charge in [0, 0.05) is 49.9 Å². The number of fused-ring (bicyclic) bond motifs is 10. The van der Waals surface area contributed by atoms with E-state index in [-0.39, 0.29) is 24.7 Å². The topological polar surface area (TPSA) is 303 Å². The summed E-state index contributed by atoms with van der Waals surface area (Å²) in [5.74, 6) is 14.3. The largest absolute Gasteiger partial charge is 0.394 e. The van der Waals surface area contributed by atoms with E-state index in [4.69, 9.17) is 25.7 Å². The summed E-state index contributed by atoms with van der Waals surface area (Å²) in [6.07, 6.45) is -8.69. The first-order valence-electron chi connectivity index (χ1n) is 28.0. The van der Waals surface area contributed by atoms with Gasteiger partial charge in [0.1, 0.15) is 91.6 Å². The van der Waals surface area contributed by atoms with E-state index in [9.17, 15) is 61.0 Å². The second kappa shape index (κ2) is 30.3. The van der Waals surface area contributed by atoms with Gasteiger partial charge in [-0.05, 0) is 145 Å². The first-order chi connectivity index (χ1) is 40.8. The van der Waals surface area contributed by atoms with Crippen molar-refractivity contribution in [2.45, 2.75) is 148 Å². The minimum atomic E-state index is -1.52. The molecule has 0 bridgehead atoms. The maximum Gasteiger partial charge on any atom is 0.225 e. The van der Waals surface area contributed by atoms with E-state index in [2.05, 4.69) is 140 Å². The molecule has 12 rings (SSSR count). The Kier molecular flexibility index (Phi) is 24.5. The number of likely N-dealkylation sites (tertiary alicyclic amines) is 1. The predicted octanol–water partition coefficient (Wildman–Crippen LogP) is 0.108. The molecule has 5 aliphatic heterocycles. The zero-order valence-corrected chi connectivity index (χ0v) is 55.4. The predicted molar refractivity (Wildman–Crippen MR) is 340 cm³/mol. The molecule has 6 fully saturated rings. The summed E-state index contributed by atoms with van der Waals surface area (Å²) in [5, 5.41) is 121. The fourth-order valence-corrected chi connectivity index (χ4v) is 13.4. The molecule has 2 spiro atoms. The van der Waals surface area contributed by atoms with Gasteiger partial charge in [-0.3, -0.25) is 4.79 Å². The van der Waals surface area contributed by atoms with Gasteiger partial charge in [-0.25, -0.2) is 0 Å². The van der Waals surface area contributed by atoms with E-state index in [1.807, 2.05) is 41.3 Å². The minimum Gasteiger partial charge on any atom is -0.394 e. The molecule has 8 aliphatic rings. The quantitative estimate of drug-likeness (QED) is 0.0953. The number of piperidine rings is 2. The Morgan fingerprint density at radius 3 is 1.28 bits per heavy atom. The molecular weight excluding hydrogens is 1580 g/mol. The van der Waals surface area contributed by atoms with Gasteiger partial charge >= 0.3 is 50.5 Å². The van der Waals surface area contributed by atoms with Crippen molar-refractivity contribution < 1.29 is 93.5 Å². The average Bonchev–Trinajstić information content (AvgIpc) is 1.59. The standard InChI is InChI=1S/C37H41NO11.C17H15Br2N.C8H12O5.CH4.I3/c39-17-28-32(43)34(45)30(41)26(48-28)9-3-19-1-7-22-23-8-2-20(4-10-27-31(42)35(46)33(44)29(18-40)49-27)16-25(23)37(24(22)15-19)11-13-38(14-12-37)36(47)21-5-6-21;18-11-1-3-13-14-4-2-12(19)10-16(14)17(15(13)9-11)5-7-20-8-6-17;1-2-4-6(10)8(12)7(11)5(3-9)13-4;;1-3-2/h1-2,7-8,15-16,21,26-35,39-46H,5-6,11-14,17-18H2;1-4,9-10,20H,5-8H2;1,4-12H,3H2;1H4;/q;;;;-1/t26-,27-,28-,29-,30-,31-,32-,33-,34-,35-;;4-,5-,6-,7-,8-;;/m1.1../s1. The summed E-state index contributed by atoms with van der Waals surface area (Å²) in [6, 6.07) is 25.2. The molecule has 5 heterocycles. The number of rotatable bonds is 4. The van der Waals surface area contributed by atoms with Gasteiger partial charge in [0.25, 0.3) is 0 Å². The van der Waals surface area contributed by atoms with Gasteiger partial charge in [-0.15, -0.1) is 6.42 Å². The summed E-state index contributed by atoms with van der Waals surface area (Å²) in [7, 11) is 0. The van der Waals surface area contributed by atoms with Crippen LogP contribution in [0, 0.1) is 41.9 Å². The number of aliphatic hydroxyl groups excluding tert-OH is 12. The van der Waals surface area contributed by atoms with E-state index < -0.39 is 117 Å². The second-order valence-electron chi connectivity index (χ2n) is 22.4. The van der Waals surface area contributed by atoms with Crippen molar-refractivity contribution in [3.63, 3.8) is 0 Å². The zero-order valence-electron chi connectivity index (χ0n) is 45.8. The van der Waals surface area contributed by atoms with Crippen LogP contribution in [0.2, 0.25) is 0 Å². The number of carbonyl (C=O) groups is 1. The van der Waals surface area contributed by atoms with Crippen LogP contribution in [0.1, 0.15) is 79.3 Å². The Bertz CT molecular complexity index is 3040. The smallest absolute Gasteiger partial charge is 0.225 e. The van der Waals surface area contributed by atoms with Crippen LogP contribution in [0.3, 0.4) is 0 Å². The normalized spacial score (nSPS) is 31.3. The van der Waals surface area contributed by atoms with Crippen molar-refractivity contribution in [3.8, 4) is 58.3 Å². The number of aliphatic hydroxyl groups is 12. The van der Waals surface area contributed by atoms with Crippen LogP contribution >= 0.6 is 69.1 Å². The molecule has 0 unspecified atom stereocenters. The first kappa shape index (κ1) is 69.4. The summed E-state index contributed by atoms with van der Waals surface area (Å²) in [6.45, 7) is 1.81.